The van der Waals surface area contributed by atoms with Crippen LogP contribution in [0.3, 0.4) is 0 Å². The zero-order valence-electron chi connectivity index (χ0n) is 16.5. The number of aromatic nitrogens is 2. The van der Waals surface area contributed by atoms with Crippen molar-refractivity contribution in [2.24, 2.45) is 0 Å². The van der Waals surface area contributed by atoms with Crippen molar-refractivity contribution in [2.75, 3.05) is 10.6 Å². The van der Waals surface area contributed by atoms with Crippen LogP contribution in [0.5, 0.6) is 0 Å². The van der Waals surface area contributed by atoms with Crippen LogP contribution in [-0.4, -0.2) is 21.6 Å². The predicted molar refractivity (Wildman–Crippen MR) is 124 cm³/mol. The van der Waals surface area contributed by atoms with Gasteiger partial charge in [0.05, 0.1) is 30.2 Å². The lowest BCUT2D eigenvalue weighted by Crippen LogP contribution is -2.14. The van der Waals surface area contributed by atoms with Gasteiger partial charge in [-0.3, -0.25) is 9.59 Å². The van der Waals surface area contributed by atoms with Crippen LogP contribution in [0.4, 0.5) is 11.4 Å². The van der Waals surface area contributed by atoms with Crippen molar-refractivity contribution >= 4 is 39.1 Å². The fourth-order valence-corrected chi connectivity index (χ4v) is 3.27. The van der Waals surface area contributed by atoms with E-state index < -0.39 is 0 Å². The van der Waals surface area contributed by atoms with E-state index in [0.717, 1.165) is 15.7 Å². The molecule has 7 heteroatoms. The van der Waals surface area contributed by atoms with E-state index in [2.05, 4.69) is 31.7 Å². The molecular formula is C24H19BrN4O2. The molecule has 0 fully saturated rings. The fraction of sp³-hybridized carbons (Fsp3) is 0.0417. The SMILES string of the molecule is O=C(Cc1ccc(NC(=O)c2ccc(Br)cc2)cc1)Nc1cnn(-c2ccccc2)c1. The lowest BCUT2D eigenvalue weighted by molar-refractivity contribution is -0.115. The quantitative estimate of drug-likeness (QED) is 0.409. The zero-order chi connectivity index (χ0) is 21.6. The Morgan fingerprint density at radius 2 is 1.55 bits per heavy atom. The lowest BCUT2D eigenvalue weighted by atomic mass is 10.1. The largest absolute Gasteiger partial charge is 0.323 e. The monoisotopic (exact) mass is 474 g/mol. The molecule has 0 saturated carbocycles. The third-order valence-electron chi connectivity index (χ3n) is 4.57. The minimum Gasteiger partial charge on any atom is -0.323 e. The van der Waals surface area contributed by atoms with E-state index in [1.807, 2.05) is 54.6 Å². The highest BCUT2D eigenvalue weighted by Crippen LogP contribution is 2.15. The third-order valence-corrected chi connectivity index (χ3v) is 5.10. The number of benzene rings is 3. The molecule has 0 aliphatic carbocycles. The number of hydrogen-bond donors (Lipinski definition) is 2. The maximum absolute atomic E-state index is 12.4. The van der Waals surface area contributed by atoms with E-state index in [-0.39, 0.29) is 18.2 Å². The zero-order valence-corrected chi connectivity index (χ0v) is 18.0. The topological polar surface area (TPSA) is 76.0 Å². The van der Waals surface area contributed by atoms with Crippen LogP contribution in [0.15, 0.2) is 95.7 Å². The summed E-state index contributed by atoms with van der Waals surface area (Å²) in [6, 6.07) is 24.0. The molecule has 1 aromatic heterocycles. The van der Waals surface area contributed by atoms with Crippen molar-refractivity contribution in [2.45, 2.75) is 6.42 Å². The molecular weight excluding hydrogens is 456 g/mol. The van der Waals surface area contributed by atoms with Crippen LogP contribution in [0.25, 0.3) is 5.69 Å². The van der Waals surface area contributed by atoms with Crippen molar-refractivity contribution in [1.82, 2.24) is 9.78 Å². The number of nitrogens with zero attached hydrogens (tertiary/aromatic N) is 2. The van der Waals surface area contributed by atoms with Crippen LogP contribution < -0.4 is 10.6 Å². The summed E-state index contributed by atoms with van der Waals surface area (Å²) in [4.78, 5) is 24.7. The van der Waals surface area contributed by atoms with Gasteiger partial charge in [-0.1, -0.05) is 46.3 Å². The smallest absolute Gasteiger partial charge is 0.255 e. The van der Waals surface area contributed by atoms with E-state index in [9.17, 15) is 9.59 Å². The van der Waals surface area contributed by atoms with Gasteiger partial charge in [-0.15, -0.1) is 0 Å². The van der Waals surface area contributed by atoms with E-state index in [1.54, 1.807) is 41.3 Å². The number of rotatable bonds is 6. The fourth-order valence-electron chi connectivity index (χ4n) is 3.01. The van der Waals surface area contributed by atoms with Crippen molar-refractivity contribution < 1.29 is 9.59 Å². The highest BCUT2D eigenvalue weighted by molar-refractivity contribution is 9.10. The molecule has 0 bridgehead atoms. The number of nitrogens with one attached hydrogen (secondary N) is 2. The predicted octanol–water partition coefficient (Wildman–Crippen LogP) is 5.07. The summed E-state index contributed by atoms with van der Waals surface area (Å²) >= 11 is 3.35. The Morgan fingerprint density at radius 1 is 0.839 bits per heavy atom. The minimum atomic E-state index is -0.187. The maximum Gasteiger partial charge on any atom is 0.255 e. The van der Waals surface area contributed by atoms with Gasteiger partial charge in [-0.05, 0) is 54.1 Å². The summed E-state index contributed by atoms with van der Waals surface area (Å²) in [6.45, 7) is 0. The standard InChI is InChI=1S/C24H19BrN4O2/c25-19-10-8-18(9-11-19)24(31)28-20-12-6-17(7-13-20)14-23(30)27-21-15-26-29(16-21)22-4-2-1-3-5-22/h1-13,15-16H,14H2,(H,27,30)(H,28,31). The van der Waals surface area contributed by atoms with Crippen molar-refractivity contribution in [3.63, 3.8) is 0 Å². The van der Waals surface area contributed by atoms with Crippen molar-refractivity contribution in [3.8, 4) is 5.69 Å². The first-order valence-corrected chi connectivity index (χ1v) is 10.4. The number of carbonyl (C=O) groups excluding carboxylic acids is 2. The molecule has 0 aliphatic rings. The summed E-state index contributed by atoms with van der Waals surface area (Å²) in [5.74, 6) is -0.326. The van der Waals surface area contributed by atoms with Crippen LogP contribution >= 0.6 is 15.9 Å². The van der Waals surface area contributed by atoms with E-state index >= 15 is 0 Å². The lowest BCUT2D eigenvalue weighted by Gasteiger charge is -2.07. The molecule has 31 heavy (non-hydrogen) atoms. The van der Waals surface area contributed by atoms with Gasteiger partial charge in [0, 0.05) is 15.7 Å². The van der Waals surface area contributed by atoms with Gasteiger partial charge >= 0.3 is 0 Å². The summed E-state index contributed by atoms with van der Waals surface area (Å²) in [6.07, 6.45) is 3.61. The van der Waals surface area contributed by atoms with Crippen LogP contribution in [-0.2, 0) is 11.2 Å². The maximum atomic E-state index is 12.4. The molecule has 6 nitrogen and oxygen atoms in total. The van der Waals surface area contributed by atoms with Crippen LogP contribution in [0.1, 0.15) is 15.9 Å². The molecule has 3 aromatic carbocycles. The van der Waals surface area contributed by atoms with Gasteiger partial charge in [0.25, 0.3) is 5.91 Å². The molecule has 0 unspecified atom stereocenters. The highest BCUT2D eigenvalue weighted by Gasteiger charge is 2.09. The van der Waals surface area contributed by atoms with Gasteiger partial charge in [0.1, 0.15) is 0 Å². The molecule has 2 amide bonds. The van der Waals surface area contributed by atoms with Crippen molar-refractivity contribution in [1.29, 1.82) is 0 Å². The first-order chi connectivity index (χ1) is 15.1. The van der Waals surface area contributed by atoms with Gasteiger partial charge in [0.2, 0.25) is 5.91 Å². The third kappa shape index (κ3) is 5.46. The second kappa shape index (κ2) is 9.40. The Kier molecular flexibility index (Phi) is 6.24. The summed E-state index contributed by atoms with van der Waals surface area (Å²) in [7, 11) is 0. The van der Waals surface area contributed by atoms with Gasteiger partial charge in [-0.2, -0.15) is 5.10 Å². The normalized spacial score (nSPS) is 10.5. The second-order valence-corrected chi connectivity index (χ2v) is 7.81. The number of halogens is 1. The molecule has 4 rings (SSSR count). The Bertz CT molecular complexity index is 1190. The average Bonchev–Trinajstić information content (AvgIpc) is 3.24. The molecule has 0 aliphatic heterocycles. The Hall–Kier alpha value is -3.71. The highest BCUT2D eigenvalue weighted by atomic mass is 79.9. The molecule has 0 saturated heterocycles. The van der Waals surface area contributed by atoms with E-state index in [0.29, 0.717) is 16.9 Å². The molecule has 1 heterocycles. The average molecular weight is 475 g/mol. The molecule has 2 N–H and O–H groups in total. The Labute approximate surface area is 188 Å². The Morgan fingerprint density at radius 3 is 2.26 bits per heavy atom. The molecule has 4 aromatic rings. The first-order valence-electron chi connectivity index (χ1n) is 9.63. The number of carbonyl (C=O) groups is 2. The van der Waals surface area contributed by atoms with Crippen molar-refractivity contribution in [3.05, 3.63) is 107 Å². The second-order valence-electron chi connectivity index (χ2n) is 6.89. The van der Waals surface area contributed by atoms with Gasteiger partial charge in [0.15, 0.2) is 0 Å². The molecule has 0 atom stereocenters. The first kappa shape index (κ1) is 20.6. The summed E-state index contributed by atoms with van der Waals surface area (Å²) < 4.78 is 2.62. The van der Waals surface area contributed by atoms with Gasteiger partial charge < -0.3 is 10.6 Å². The molecule has 0 spiro atoms. The minimum absolute atomic E-state index is 0.140. The summed E-state index contributed by atoms with van der Waals surface area (Å²) in [5, 5.41) is 9.98. The van der Waals surface area contributed by atoms with Crippen LogP contribution in [0.2, 0.25) is 0 Å². The summed E-state index contributed by atoms with van der Waals surface area (Å²) in [5.41, 5.74) is 3.63. The van der Waals surface area contributed by atoms with E-state index in [1.165, 1.54) is 0 Å². The number of anilines is 2. The molecule has 154 valence electrons. The van der Waals surface area contributed by atoms with E-state index in [4.69, 9.17) is 0 Å². The van der Waals surface area contributed by atoms with Crippen LogP contribution in [0, 0.1) is 0 Å². The Balaban J connectivity index is 1.32. The number of amides is 2. The number of hydrogen-bond acceptors (Lipinski definition) is 3. The number of para-hydroxylation sites is 1. The molecule has 0 radical (unpaired) electrons. The van der Waals surface area contributed by atoms with Gasteiger partial charge in [-0.25, -0.2) is 4.68 Å².